The molecule has 2 rings (SSSR count). The minimum Gasteiger partial charge on any atom is -0.383 e. The third-order valence-electron chi connectivity index (χ3n) is 1.91. The molecule has 2 atom stereocenters. The van der Waals surface area contributed by atoms with Gasteiger partial charge in [-0.2, -0.15) is 0 Å². The summed E-state index contributed by atoms with van der Waals surface area (Å²) in [6.07, 6.45) is 0.171. The molecule has 1 aromatic carbocycles. The zero-order chi connectivity index (χ0) is 10.2. The van der Waals surface area contributed by atoms with Gasteiger partial charge < -0.3 is 4.84 Å². The molecule has 0 amide bonds. The van der Waals surface area contributed by atoms with Gasteiger partial charge in [-0.1, -0.05) is 17.3 Å². The van der Waals surface area contributed by atoms with Crippen LogP contribution in [0.15, 0.2) is 29.4 Å². The van der Waals surface area contributed by atoms with Crippen LogP contribution in [0.25, 0.3) is 0 Å². The van der Waals surface area contributed by atoms with E-state index in [4.69, 9.17) is 4.84 Å². The predicted octanol–water partition coefficient (Wildman–Crippen LogP) is 2.94. The van der Waals surface area contributed by atoms with Gasteiger partial charge >= 0.3 is 0 Å². The highest BCUT2D eigenvalue weighted by Crippen LogP contribution is 2.40. The highest BCUT2D eigenvalue weighted by atomic mass is 79.9. The minimum absolute atomic E-state index is 0.369. The fourth-order valence-electron chi connectivity index (χ4n) is 1.22. The number of halogens is 3. The smallest absolute Gasteiger partial charge is 0.246 e. The number of hydrogen-bond acceptors (Lipinski definition) is 2. The van der Waals surface area contributed by atoms with Gasteiger partial charge in [-0.15, -0.1) is 0 Å². The van der Waals surface area contributed by atoms with Crippen LogP contribution in [0, 0.1) is 5.82 Å². The Balaban J connectivity index is 2.28. The molecule has 0 radical (unpaired) electrons. The Morgan fingerprint density at radius 1 is 1.36 bits per heavy atom. The normalized spacial score (nSPS) is 30.4. The monoisotopic (exact) mass is 261 g/mol. The van der Waals surface area contributed by atoms with E-state index in [1.165, 1.54) is 24.3 Å². The third-order valence-corrected chi connectivity index (χ3v) is 2.53. The molecular weight excluding hydrogens is 256 g/mol. The maximum atomic E-state index is 13.6. The van der Waals surface area contributed by atoms with E-state index in [-0.39, 0.29) is 5.82 Å². The molecular formula is C9H6BrF2NO. The quantitative estimate of drug-likeness (QED) is 0.713. The first kappa shape index (κ1) is 9.58. The second kappa shape index (κ2) is 3.31. The molecule has 2 unspecified atom stereocenters. The second-order valence-electron chi connectivity index (χ2n) is 2.95. The Kier molecular flexibility index (Phi) is 2.26. The lowest BCUT2D eigenvalue weighted by Crippen LogP contribution is -2.21. The second-order valence-corrected chi connectivity index (χ2v) is 4.16. The summed E-state index contributed by atoms with van der Waals surface area (Å²) in [5.74, 6) is -0.369. The molecule has 0 N–H and O–H groups in total. The summed E-state index contributed by atoms with van der Waals surface area (Å²) in [6, 6.07) is 5.43. The van der Waals surface area contributed by atoms with E-state index in [0.29, 0.717) is 5.56 Å². The first-order valence-electron chi connectivity index (χ1n) is 3.93. The number of benzene rings is 1. The van der Waals surface area contributed by atoms with E-state index in [1.807, 2.05) is 0 Å². The van der Waals surface area contributed by atoms with Crippen LogP contribution in [-0.2, 0) is 4.84 Å². The molecule has 1 aliphatic heterocycles. The summed E-state index contributed by atoms with van der Waals surface area (Å²) in [5.41, 5.74) is 0.531. The molecule has 0 saturated heterocycles. The molecule has 5 heteroatoms. The summed E-state index contributed by atoms with van der Waals surface area (Å²) in [7, 11) is 0. The number of hydrogen-bond donors (Lipinski definition) is 0. The van der Waals surface area contributed by atoms with Crippen LogP contribution in [0.2, 0.25) is 0 Å². The Hall–Kier alpha value is -0.970. The Morgan fingerprint density at radius 2 is 2.00 bits per heavy atom. The SMILES string of the molecule is Fc1ccc(C2ON=CC2(F)Br)cc1. The number of nitrogens with zero attached hydrogens (tertiary/aromatic N) is 1. The summed E-state index contributed by atoms with van der Waals surface area (Å²) in [4.78, 5) is 4.82. The van der Waals surface area contributed by atoms with E-state index in [2.05, 4.69) is 21.1 Å². The Bertz CT molecular complexity index is 364. The lowest BCUT2D eigenvalue weighted by molar-refractivity contribution is 0.0411. The highest BCUT2D eigenvalue weighted by Gasteiger charge is 2.42. The van der Waals surface area contributed by atoms with Crippen LogP contribution in [0.3, 0.4) is 0 Å². The molecule has 2 nitrogen and oxygen atoms in total. The van der Waals surface area contributed by atoms with Crippen molar-refractivity contribution in [3.63, 3.8) is 0 Å². The molecule has 14 heavy (non-hydrogen) atoms. The average molecular weight is 262 g/mol. The van der Waals surface area contributed by atoms with Gasteiger partial charge in [0.25, 0.3) is 0 Å². The van der Waals surface area contributed by atoms with Crippen LogP contribution >= 0.6 is 15.9 Å². The molecule has 0 aliphatic carbocycles. The van der Waals surface area contributed by atoms with Crippen LogP contribution in [0.4, 0.5) is 8.78 Å². The van der Waals surface area contributed by atoms with Crippen LogP contribution in [0.5, 0.6) is 0 Å². The minimum atomic E-state index is -1.81. The first-order valence-corrected chi connectivity index (χ1v) is 4.72. The van der Waals surface area contributed by atoms with Crippen LogP contribution < -0.4 is 0 Å². The summed E-state index contributed by atoms with van der Waals surface area (Å²) in [5, 5.41) is 3.38. The molecule has 1 heterocycles. The Morgan fingerprint density at radius 3 is 2.50 bits per heavy atom. The summed E-state index contributed by atoms with van der Waals surface area (Å²) < 4.78 is 24.4. The lowest BCUT2D eigenvalue weighted by Gasteiger charge is -2.16. The van der Waals surface area contributed by atoms with E-state index < -0.39 is 10.7 Å². The van der Waals surface area contributed by atoms with Crippen molar-refractivity contribution in [3.8, 4) is 0 Å². The largest absolute Gasteiger partial charge is 0.383 e. The fourth-order valence-corrected chi connectivity index (χ4v) is 1.65. The maximum absolute atomic E-state index is 13.6. The first-order chi connectivity index (χ1) is 6.59. The third kappa shape index (κ3) is 1.64. The standard InChI is InChI=1S/C9H6BrF2NO/c10-9(12)5-13-14-8(9)6-1-3-7(11)4-2-6/h1-5,8H. The molecule has 0 aromatic heterocycles. The molecule has 0 spiro atoms. The van der Waals surface area contributed by atoms with Gasteiger partial charge in [0.15, 0.2) is 0 Å². The van der Waals surface area contributed by atoms with Gasteiger partial charge in [0.2, 0.25) is 10.7 Å². The van der Waals surface area contributed by atoms with E-state index in [1.54, 1.807) is 0 Å². The number of rotatable bonds is 1. The highest BCUT2D eigenvalue weighted by molar-refractivity contribution is 9.10. The maximum Gasteiger partial charge on any atom is 0.246 e. The zero-order valence-electron chi connectivity index (χ0n) is 6.95. The Labute approximate surface area is 87.7 Å². The van der Waals surface area contributed by atoms with Crippen LogP contribution in [0.1, 0.15) is 11.7 Å². The molecule has 74 valence electrons. The van der Waals surface area contributed by atoms with Gasteiger partial charge in [-0.05, 0) is 33.6 Å². The van der Waals surface area contributed by atoms with Gasteiger partial charge in [0.05, 0.1) is 6.21 Å². The topological polar surface area (TPSA) is 21.6 Å². The van der Waals surface area contributed by atoms with Gasteiger partial charge in [0, 0.05) is 0 Å². The average Bonchev–Trinajstić information content (AvgIpc) is 2.47. The van der Waals surface area contributed by atoms with Gasteiger partial charge in [-0.3, -0.25) is 0 Å². The number of alkyl halides is 2. The predicted molar refractivity (Wildman–Crippen MR) is 51.5 cm³/mol. The molecule has 0 saturated carbocycles. The van der Waals surface area contributed by atoms with Crippen LogP contribution in [-0.4, -0.2) is 10.8 Å². The van der Waals surface area contributed by atoms with Gasteiger partial charge in [0.1, 0.15) is 5.82 Å². The lowest BCUT2D eigenvalue weighted by atomic mass is 10.1. The van der Waals surface area contributed by atoms with Crippen molar-refractivity contribution in [2.75, 3.05) is 0 Å². The van der Waals surface area contributed by atoms with Gasteiger partial charge in [-0.25, -0.2) is 8.78 Å². The van der Waals surface area contributed by atoms with Crippen molar-refractivity contribution in [3.05, 3.63) is 35.6 Å². The van der Waals surface area contributed by atoms with Crippen molar-refractivity contribution in [2.24, 2.45) is 5.16 Å². The van der Waals surface area contributed by atoms with E-state index in [0.717, 1.165) is 6.21 Å². The molecule has 0 bridgehead atoms. The summed E-state index contributed by atoms with van der Waals surface area (Å²) in [6.45, 7) is 0. The van der Waals surface area contributed by atoms with E-state index in [9.17, 15) is 8.78 Å². The van der Waals surface area contributed by atoms with E-state index >= 15 is 0 Å². The molecule has 0 fully saturated rings. The molecule has 1 aliphatic rings. The fraction of sp³-hybridized carbons (Fsp3) is 0.222. The van der Waals surface area contributed by atoms with Crippen molar-refractivity contribution < 1.29 is 13.6 Å². The summed E-state index contributed by atoms with van der Waals surface area (Å²) >= 11 is 2.83. The van der Waals surface area contributed by atoms with Crippen molar-refractivity contribution in [2.45, 2.75) is 10.7 Å². The van der Waals surface area contributed by atoms with Crippen molar-refractivity contribution in [1.29, 1.82) is 0 Å². The molecule has 1 aromatic rings. The van der Waals surface area contributed by atoms with Crippen molar-refractivity contribution in [1.82, 2.24) is 0 Å². The zero-order valence-corrected chi connectivity index (χ0v) is 8.54. The number of oxime groups is 1. The van der Waals surface area contributed by atoms with Crippen molar-refractivity contribution >= 4 is 22.1 Å².